The van der Waals surface area contributed by atoms with Gasteiger partial charge in [-0.3, -0.25) is 0 Å². The van der Waals surface area contributed by atoms with E-state index in [4.69, 9.17) is 14.3 Å². The number of sulfonamides is 1. The minimum atomic E-state index is -3.52. The summed E-state index contributed by atoms with van der Waals surface area (Å²) >= 11 is 0. The van der Waals surface area contributed by atoms with Gasteiger partial charge in [0.1, 0.15) is 23.0 Å². The first-order valence-corrected chi connectivity index (χ1v) is 8.61. The van der Waals surface area contributed by atoms with E-state index >= 15 is 0 Å². The SMILES string of the molecule is Cc1cc(S(=O)(=O)N2CCC(COCC(=O)O)CC2)c(C)o1. The molecule has 124 valence electrons. The van der Waals surface area contributed by atoms with E-state index in [0.29, 0.717) is 44.1 Å². The molecule has 0 radical (unpaired) electrons. The minimum absolute atomic E-state index is 0.193. The molecule has 0 saturated carbocycles. The summed E-state index contributed by atoms with van der Waals surface area (Å²) in [4.78, 5) is 10.6. The van der Waals surface area contributed by atoms with Crippen LogP contribution >= 0.6 is 0 Å². The number of carbonyl (C=O) groups is 1. The number of nitrogens with zero attached hydrogens (tertiary/aromatic N) is 1. The van der Waals surface area contributed by atoms with E-state index in [1.165, 1.54) is 4.31 Å². The zero-order valence-corrected chi connectivity index (χ0v) is 13.6. The van der Waals surface area contributed by atoms with Gasteiger partial charge in [0.25, 0.3) is 0 Å². The number of ether oxygens (including phenoxy) is 1. The molecule has 2 rings (SSSR count). The average molecular weight is 331 g/mol. The van der Waals surface area contributed by atoms with Crippen molar-refractivity contribution in [3.8, 4) is 0 Å². The molecule has 22 heavy (non-hydrogen) atoms. The fourth-order valence-electron chi connectivity index (χ4n) is 2.63. The van der Waals surface area contributed by atoms with E-state index in [0.717, 1.165) is 0 Å². The molecule has 7 nitrogen and oxygen atoms in total. The Morgan fingerprint density at radius 1 is 1.41 bits per heavy atom. The molecule has 1 aromatic rings. The van der Waals surface area contributed by atoms with E-state index < -0.39 is 16.0 Å². The van der Waals surface area contributed by atoms with Crippen molar-refractivity contribution in [1.82, 2.24) is 4.31 Å². The van der Waals surface area contributed by atoms with E-state index in [1.807, 2.05) is 0 Å². The Bertz CT molecular complexity index is 628. The van der Waals surface area contributed by atoms with E-state index in [-0.39, 0.29) is 17.4 Å². The van der Waals surface area contributed by atoms with E-state index in [9.17, 15) is 13.2 Å². The fourth-order valence-corrected chi connectivity index (χ4v) is 4.32. The zero-order valence-electron chi connectivity index (χ0n) is 12.7. The minimum Gasteiger partial charge on any atom is -0.480 e. The van der Waals surface area contributed by atoms with Crippen molar-refractivity contribution >= 4 is 16.0 Å². The number of aryl methyl sites for hydroxylation is 2. The number of hydrogen-bond acceptors (Lipinski definition) is 5. The molecule has 0 atom stereocenters. The van der Waals surface area contributed by atoms with Crippen LogP contribution in [0.5, 0.6) is 0 Å². The molecule has 1 N–H and O–H groups in total. The summed E-state index contributed by atoms with van der Waals surface area (Å²) in [5, 5.41) is 8.52. The molecule has 8 heteroatoms. The van der Waals surface area contributed by atoms with Crippen molar-refractivity contribution in [3.05, 3.63) is 17.6 Å². The van der Waals surface area contributed by atoms with Crippen LogP contribution in [0.25, 0.3) is 0 Å². The maximum absolute atomic E-state index is 12.6. The first-order chi connectivity index (χ1) is 10.3. The van der Waals surface area contributed by atoms with Crippen LogP contribution < -0.4 is 0 Å². The van der Waals surface area contributed by atoms with Gasteiger partial charge in [-0.25, -0.2) is 13.2 Å². The van der Waals surface area contributed by atoms with Gasteiger partial charge in [0.15, 0.2) is 0 Å². The van der Waals surface area contributed by atoms with Crippen LogP contribution in [-0.4, -0.2) is 50.1 Å². The molecule has 0 aromatic carbocycles. The van der Waals surface area contributed by atoms with Gasteiger partial charge in [-0.1, -0.05) is 0 Å². The summed E-state index contributed by atoms with van der Waals surface area (Å²) in [6.07, 6.45) is 1.32. The second kappa shape index (κ2) is 6.80. The molecule has 1 saturated heterocycles. The molecule has 0 spiro atoms. The number of hydrogen-bond donors (Lipinski definition) is 1. The van der Waals surface area contributed by atoms with Gasteiger partial charge in [-0.05, 0) is 38.7 Å². The topological polar surface area (TPSA) is 97.0 Å². The standard InChI is InChI=1S/C14H21NO6S/c1-10-7-13(11(2)21-10)22(18,19)15-5-3-12(4-6-15)8-20-9-14(16)17/h7,12H,3-6,8-9H2,1-2H3,(H,16,17). The van der Waals surface area contributed by atoms with Gasteiger partial charge in [-0.2, -0.15) is 4.31 Å². The van der Waals surface area contributed by atoms with Gasteiger partial charge in [-0.15, -0.1) is 0 Å². The Kier molecular flexibility index (Phi) is 5.25. The van der Waals surface area contributed by atoms with Gasteiger partial charge < -0.3 is 14.3 Å². The molecule has 0 amide bonds. The molecule has 0 unspecified atom stereocenters. The molecule has 2 heterocycles. The van der Waals surface area contributed by atoms with E-state index in [1.54, 1.807) is 19.9 Å². The predicted molar refractivity (Wildman–Crippen MR) is 78.1 cm³/mol. The van der Waals surface area contributed by atoms with Crippen LogP contribution in [-0.2, 0) is 19.6 Å². The normalized spacial score (nSPS) is 17.7. The van der Waals surface area contributed by atoms with Crippen LogP contribution in [0.15, 0.2) is 15.4 Å². The number of carboxylic acid groups (broad SMARTS) is 1. The van der Waals surface area contributed by atoms with Crippen LogP contribution in [0.3, 0.4) is 0 Å². The summed E-state index contributed by atoms with van der Waals surface area (Å²) in [6, 6.07) is 1.55. The Balaban J connectivity index is 1.93. The summed E-state index contributed by atoms with van der Waals surface area (Å²) in [5.41, 5.74) is 0. The molecular formula is C14H21NO6S. The van der Waals surface area contributed by atoms with Gasteiger partial charge >= 0.3 is 5.97 Å². The second-order valence-corrected chi connectivity index (χ2v) is 7.44. The van der Waals surface area contributed by atoms with Crippen molar-refractivity contribution in [2.24, 2.45) is 5.92 Å². The van der Waals surface area contributed by atoms with Crippen molar-refractivity contribution in [3.63, 3.8) is 0 Å². The summed E-state index contributed by atoms with van der Waals surface area (Å²) in [5.74, 6) is 0.182. The first-order valence-electron chi connectivity index (χ1n) is 7.17. The van der Waals surface area contributed by atoms with Crippen LogP contribution in [0.2, 0.25) is 0 Å². The Labute approximate surface area is 129 Å². The third-order valence-corrected chi connectivity index (χ3v) is 5.77. The molecular weight excluding hydrogens is 310 g/mol. The molecule has 1 aliphatic rings. The van der Waals surface area contributed by atoms with Gasteiger partial charge in [0.05, 0.1) is 6.61 Å². The van der Waals surface area contributed by atoms with Crippen molar-refractivity contribution < 1.29 is 27.5 Å². The smallest absolute Gasteiger partial charge is 0.329 e. The highest BCUT2D eigenvalue weighted by Gasteiger charge is 2.31. The summed E-state index contributed by atoms with van der Waals surface area (Å²) in [7, 11) is -3.52. The number of piperidine rings is 1. The predicted octanol–water partition coefficient (Wildman–Crippen LogP) is 1.40. The highest BCUT2D eigenvalue weighted by molar-refractivity contribution is 7.89. The second-order valence-electron chi connectivity index (χ2n) is 5.53. The lowest BCUT2D eigenvalue weighted by Gasteiger charge is -2.30. The van der Waals surface area contributed by atoms with Crippen molar-refractivity contribution in [1.29, 1.82) is 0 Å². The lowest BCUT2D eigenvalue weighted by molar-refractivity contribution is -0.142. The number of furan rings is 1. The van der Waals surface area contributed by atoms with Gasteiger partial charge in [0.2, 0.25) is 10.0 Å². The number of carboxylic acids is 1. The first kappa shape index (κ1) is 17.0. The molecule has 1 aliphatic heterocycles. The zero-order chi connectivity index (χ0) is 16.3. The van der Waals surface area contributed by atoms with Crippen molar-refractivity contribution in [2.45, 2.75) is 31.6 Å². The molecule has 0 aliphatic carbocycles. The Morgan fingerprint density at radius 2 is 2.05 bits per heavy atom. The average Bonchev–Trinajstić information content (AvgIpc) is 2.78. The monoisotopic (exact) mass is 331 g/mol. The van der Waals surface area contributed by atoms with E-state index in [2.05, 4.69) is 0 Å². The molecule has 0 bridgehead atoms. The number of rotatable bonds is 6. The Morgan fingerprint density at radius 3 is 2.55 bits per heavy atom. The molecule has 1 fully saturated rings. The highest BCUT2D eigenvalue weighted by Crippen LogP contribution is 2.27. The maximum Gasteiger partial charge on any atom is 0.329 e. The molecule has 1 aromatic heterocycles. The van der Waals surface area contributed by atoms with Crippen LogP contribution in [0.4, 0.5) is 0 Å². The van der Waals surface area contributed by atoms with Crippen LogP contribution in [0, 0.1) is 19.8 Å². The largest absolute Gasteiger partial charge is 0.480 e. The van der Waals surface area contributed by atoms with Crippen LogP contribution in [0.1, 0.15) is 24.4 Å². The third kappa shape index (κ3) is 3.88. The van der Waals surface area contributed by atoms with Gasteiger partial charge in [0, 0.05) is 13.1 Å². The summed E-state index contributed by atoms with van der Waals surface area (Å²) in [6.45, 7) is 4.22. The maximum atomic E-state index is 12.6. The summed E-state index contributed by atoms with van der Waals surface area (Å²) < 4.78 is 37.0. The third-order valence-electron chi connectivity index (χ3n) is 3.77. The lowest BCUT2D eigenvalue weighted by Crippen LogP contribution is -2.39. The quantitative estimate of drug-likeness (QED) is 0.846. The number of aliphatic carboxylic acids is 1. The Hall–Kier alpha value is -1.38. The fraction of sp³-hybridized carbons (Fsp3) is 0.643. The lowest BCUT2D eigenvalue weighted by atomic mass is 9.99. The highest BCUT2D eigenvalue weighted by atomic mass is 32.2. The van der Waals surface area contributed by atoms with Crippen molar-refractivity contribution in [2.75, 3.05) is 26.3 Å².